The summed E-state index contributed by atoms with van der Waals surface area (Å²) >= 11 is 0. The number of carbonyl (C=O) groups excluding carboxylic acids is 1. The summed E-state index contributed by atoms with van der Waals surface area (Å²) in [4.78, 5) is 11.1. The van der Waals surface area contributed by atoms with Crippen LogP contribution in [0.5, 0.6) is 0 Å². The summed E-state index contributed by atoms with van der Waals surface area (Å²) in [7, 11) is 0. The molecule has 0 aliphatic heterocycles. The van der Waals surface area contributed by atoms with Gasteiger partial charge in [-0.3, -0.25) is 4.79 Å². The second-order valence-electron chi connectivity index (χ2n) is 4.97. The number of ether oxygens (including phenoxy) is 3. The van der Waals surface area contributed by atoms with E-state index >= 15 is 0 Å². The molecular weight excluding hydrogens is 286 g/mol. The molecule has 0 aliphatic carbocycles. The predicted molar refractivity (Wildman–Crippen MR) is 82.0 cm³/mol. The normalized spacial score (nSPS) is 11.0. The topological polar surface area (TPSA) is 75.5 Å². The van der Waals surface area contributed by atoms with Crippen molar-refractivity contribution in [2.75, 3.05) is 39.6 Å². The van der Waals surface area contributed by atoms with E-state index in [0.29, 0.717) is 45.3 Å². The molecule has 1 aromatic heterocycles. The van der Waals surface area contributed by atoms with E-state index in [2.05, 4.69) is 17.2 Å². The van der Waals surface area contributed by atoms with Crippen molar-refractivity contribution < 1.29 is 19.0 Å². The van der Waals surface area contributed by atoms with E-state index in [9.17, 15) is 4.79 Å². The maximum atomic E-state index is 11.1. The molecule has 7 heteroatoms. The zero-order chi connectivity index (χ0) is 16.0. The van der Waals surface area contributed by atoms with Crippen LogP contribution in [-0.2, 0) is 20.8 Å². The predicted octanol–water partition coefficient (Wildman–Crippen LogP) is 1.72. The zero-order valence-corrected chi connectivity index (χ0v) is 13.6. The Labute approximate surface area is 131 Å². The molecule has 0 saturated carbocycles. The third-order valence-corrected chi connectivity index (χ3v) is 3.00. The van der Waals surface area contributed by atoms with Crippen LogP contribution in [0.3, 0.4) is 0 Å². The summed E-state index contributed by atoms with van der Waals surface area (Å²) in [5.74, 6) is -0.0857. The molecule has 0 radical (unpaired) electrons. The molecule has 0 amide bonds. The number of Topliss-reactive ketones (excluding diaryl/α,β-unsaturated/α-hetero) is 1. The van der Waals surface area contributed by atoms with Crippen molar-refractivity contribution in [3.63, 3.8) is 0 Å². The number of nitrogens with zero attached hydrogens (tertiary/aromatic N) is 3. The van der Waals surface area contributed by atoms with Crippen molar-refractivity contribution in [3.8, 4) is 0 Å². The lowest BCUT2D eigenvalue weighted by molar-refractivity contribution is 0.0121. The third-order valence-electron chi connectivity index (χ3n) is 3.00. The maximum Gasteiger partial charge on any atom is 0.181 e. The highest BCUT2D eigenvalue weighted by atomic mass is 16.5. The Morgan fingerprint density at radius 1 is 1.05 bits per heavy atom. The van der Waals surface area contributed by atoms with Gasteiger partial charge in [0.2, 0.25) is 0 Å². The first kappa shape index (κ1) is 18.7. The van der Waals surface area contributed by atoms with Crippen molar-refractivity contribution in [2.24, 2.45) is 0 Å². The van der Waals surface area contributed by atoms with Gasteiger partial charge in [0.1, 0.15) is 5.69 Å². The quantitative estimate of drug-likeness (QED) is 0.384. The van der Waals surface area contributed by atoms with Crippen LogP contribution in [0.2, 0.25) is 0 Å². The number of rotatable bonds is 14. The van der Waals surface area contributed by atoms with Gasteiger partial charge in [-0.25, -0.2) is 4.68 Å². The molecule has 7 nitrogen and oxygen atoms in total. The maximum absolute atomic E-state index is 11.1. The van der Waals surface area contributed by atoms with Crippen molar-refractivity contribution in [1.82, 2.24) is 15.0 Å². The average molecular weight is 313 g/mol. The van der Waals surface area contributed by atoms with Crippen molar-refractivity contribution in [3.05, 3.63) is 11.9 Å². The first-order chi connectivity index (χ1) is 10.7. The van der Waals surface area contributed by atoms with E-state index in [1.54, 1.807) is 10.9 Å². The molecule has 0 saturated heterocycles. The van der Waals surface area contributed by atoms with E-state index in [4.69, 9.17) is 14.2 Å². The van der Waals surface area contributed by atoms with Gasteiger partial charge in [-0.2, -0.15) is 0 Å². The van der Waals surface area contributed by atoms with Crippen molar-refractivity contribution in [2.45, 2.75) is 39.7 Å². The molecule has 0 aliphatic rings. The number of carbonyl (C=O) groups is 1. The van der Waals surface area contributed by atoms with Crippen molar-refractivity contribution in [1.29, 1.82) is 0 Å². The van der Waals surface area contributed by atoms with Crippen LogP contribution in [0, 0.1) is 0 Å². The van der Waals surface area contributed by atoms with E-state index in [-0.39, 0.29) is 5.78 Å². The van der Waals surface area contributed by atoms with E-state index < -0.39 is 0 Å². The molecule has 22 heavy (non-hydrogen) atoms. The van der Waals surface area contributed by atoms with Crippen LogP contribution in [0.15, 0.2) is 6.20 Å². The molecule has 0 bridgehead atoms. The number of aromatic nitrogens is 3. The van der Waals surface area contributed by atoms with Crippen LogP contribution in [0.25, 0.3) is 0 Å². The SMILES string of the molecule is CCCCCOCCOCCOCCn1cc(C(C)=O)nn1. The standard InChI is InChI=1S/C15H27N3O4/c1-3-4-5-7-20-9-11-22-12-10-21-8-6-18-13-15(14(2)19)16-17-18/h13H,3-12H2,1-2H3. The second-order valence-corrected chi connectivity index (χ2v) is 4.97. The fraction of sp³-hybridized carbons (Fsp3) is 0.800. The number of hydrogen-bond donors (Lipinski definition) is 0. The zero-order valence-electron chi connectivity index (χ0n) is 13.6. The minimum absolute atomic E-state index is 0.0857. The Morgan fingerprint density at radius 2 is 1.68 bits per heavy atom. The molecule has 0 fully saturated rings. The molecule has 1 aromatic rings. The van der Waals surface area contributed by atoms with Gasteiger partial charge in [-0.15, -0.1) is 5.10 Å². The first-order valence-corrected chi connectivity index (χ1v) is 7.88. The lowest BCUT2D eigenvalue weighted by atomic mass is 10.3. The van der Waals surface area contributed by atoms with Gasteiger partial charge in [0.05, 0.1) is 45.8 Å². The Hall–Kier alpha value is -1.31. The first-order valence-electron chi connectivity index (χ1n) is 7.88. The Balaban J connectivity index is 1.86. The summed E-state index contributed by atoms with van der Waals surface area (Å²) in [5.41, 5.74) is 0.377. The lowest BCUT2D eigenvalue weighted by Gasteiger charge is -2.06. The molecule has 0 N–H and O–H groups in total. The van der Waals surface area contributed by atoms with Crippen LogP contribution in [0.1, 0.15) is 43.6 Å². The van der Waals surface area contributed by atoms with Crippen LogP contribution in [0.4, 0.5) is 0 Å². The summed E-state index contributed by atoms with van der Waals surface area (Å²) in [6.07, 6.45) is 5.17. The number of ketones is 1. The van der Waals surface area contributed by atoms with E-state index in [0.717, 1.165) is 13.0 Å². The fourth-order valence-electron chi connectivity index (χ4n) is 1.72. The van der Waals surface area contributed by atoms with Crippen molar-refractivity contribution >= 4 is 5.78 Å². The summed E-state index contributed by atoms with van der Waals surface area (Å²) in [6.45, 7) is 7.85. The van der Waals surface area contributed by atoms with Crippen LogP contribution < -0.4 is 0 Å². The monoisotopic (exact) mass is 313 g/mol. The minimum Gasteiger partial charge on any atom is -0.379 e. The van der Waals surface area contributed by atoms with Gasteiger partial charge in [0.15, 0.2) is 5.78 Å². The van der Waals surface area contributed by atoms with Gasteiger partial charge in [0.25, 0.3) is 0 Å². The highest BCUT2D eigenvalue weighted by Gasteiger charge is 2.04. The number of unbranched alkanes of at least 4 members (excludes halogenated alkanes) is 2. The van der Waals surface area contributed by atoms with E-state index in [1.807, 2.05) is 0 Å². The fourth-order valence-corrected chi connectivity index (χ4v) is 1.72. The molecule has 0 unspecified atom stereocenters. The van der Waals surface area contributed by atoms with Crippen LogP contribution in [-0.4, -0.2) is 60.4 Å². The van der Waals surface area contributed by atoms with Crippen LogP contribution >= 0.6 is 0 Å². The Kier molecular flexibility index (Phi) is 10.4. The lowest BCUT2D eigenvalue weighted by Crippen LogP contribution is -2.12. The molecule has 126 valence electrons. The average Bonchev–Trinajstić information content (AvgIpc) is 2.97. The molecule has 1 heterocycles. The largest absolute Gasteiger partial charge is 0.379 e. The highest BCUT2D eigenvalue weighted by Crippen LogP contribution is 1.95. The Morgan fingerprint density at radius 3 is 2.27 bits per heavy atom. The molecule has 0 aromatic carbocycles. The van der Waals surface area contributed by atoms with Gasteiger partial charge in [0, 0.05) is 13.5 Å². The van der Waals surface area contributed by atoms with E-state index in [1.165, 1.54) is 19.8 Å². The summed E-state index contributed by atoms with van der Waals surface area (Å²) in [6, 6.07) is 0. The number of hydrogen-bond acceptors (Lipinski definition) is 6. The Bertz CT molecular complexity index is 409. The summed E-state index contributed by atoms with van der Waals surface area (Å²) in [5, 5.41) is 7.60. The highest BCUT2D eigenvalue weighted by molar-refractivity contribution is 5.91. The smallest absolute Gasteiger partial charge is 0.181 e. The minimum atomic E-state index is -0.0857. The second kappa shape index (κ2) is 12.3. The van der Waals surface area contributed by atoms with Gasteiger partial charge in [-0.1, -0.05) is 25.0 Å². The van der Waals surface area contributed by atoms with Gasteiger partial charge >= 0.3 is 0 Å². The van der Waals surface area contributed by atoms with Gasteiger partial charge < -0.3 is 14.2 Å². The molecule has 1 rings (SSSR count). The molecular formula is C15H27N3O4. The van der Waals surface area contributed by atoms with Gasteiger partial charge in [-0.05, 0) is 6.42 Å². The molecule has 0 spiro atoms. The third kappa shape index (κ3) is 8.86. The summed E-state index contributed by atoms with van der Waals surface area (Å²) < 4.78 is 17.9. The molecule has 0 atom stereocenters.